The molecule has 2 aromatic rings. The van der Waals surface area contributed by atoms with E-state index in [-0.39, 0.29) is 18.0 Å². The molecule has 0 bridgehead atoms. The Hall–Kier alpha value is -1.73. The number of hydrogen-bond acceptors (Lipinski definition) is 6. The SMILES string of the molecule is CCc1csc(CN2C(=O)C[C@H]3[C@@H]2CCN3c2ncc(Cl)cn2)n1. The van der Waals surface area contributed by atoms with Crippen LogP contribution >= 0.6 is 22.9 Å². The van der Waals surface area contributed by atoms with E-state index in [0.717, 1.165) is 30.1 Å². The number of aryl methyl sites for hydroxylation is 1. The van der Waals surface area contributed by atoms with Crippen LogP contribution in [0.3, 0.4) is 0 Å². The van der Waals surface area contributed by atoms with Gasteiger partial charge >= 0.3 is 0 Å². The molecule has 4 heterocycles. The number of likely N-dealkylation sites (tertiary alicyclic amines) is 1. The zero-order valence-corrected chi connectivity index (χ0v) is 14.9. The summed E-state index contributed by atoms with van der Waals surface area (Å²) >= 11 is 7.51. The molecule has 2 atom stereocenters. The normalized spacial score (nSPS) is 23.2. The van der Waals surface area contributed by atoms with Gasteiger partial charge in [0.05, 0.1) is 41.7 Å². The number of carbonyl (C=O) groups excluding carboxylic acids is 1. The monoisotopic (exact) mass is 363 g/mol. The fraction of sp³-hybridized carbons (Fsp3) is 0.500. The van der Waals surface area contributed by atoms with Gasteiger partial charge in [0.25, 0.3) is 0 Å². The highest BCUT2D eigenvalue weighted by molar-refractivity contribution is 7.09. The van der Waals surface area contributed by atoms with E-state index < -0.39 is 0 Å². The molecule has 0 N–H and O–H groups in total. The van der Waals surface area contributed by atoms with Crippen LogP contribution < -0.4 is 4.90 Å². The van der Waals surface area contributed by atoms with Gasteiger partial charge in [0, 0.05) is 18.3 Å². The van der Waals surface area contributed by atoms with Crippen LogP contribution in [0.15, 0.2) is 17.8 Å². The van der Waals surface area contributed by atoms with Gasteiger partial charge in [-0.1, -0.05) is 18.5 Å². The van der Waals surface area contributed by atoms with Gasteiger partial charge in [-0.05, 0) is 12.8 Å². The van der Waals surface area contributed by atoms with Crippen LogP contribution in [-0.2, 0) is 17.8 Å². The van der Waals surface area contributed by atoms with Crippen LogP contribution in [0, 0.1) is 0 Å². The molecule has 126 valence electrons. The smallest absolute Gasteiger partial charge is 0.225 e. The summed E-state index contributed by atoms with van der Waals surface area (Å²) in [7, 11) is 0. The second-order valence-corrected chi connectivity index (χ2v) is 7.51. The predicted octanol–water partition coefficient (Wildman–Crippen LogP) is 2.53. The number of nitrogens with zero attached hydrogens (tertiary/aromatic N) is 5. The number of hydrogen-bond donors (Lipinski definition) is 0. The van der Waals surface area contributed by atoms with Crippen molar-refractivity contribution in [3.8, 4) is 0 Å². The number of fused-ring (bicyclic) bond motifs is 1. The Kier molecular flexibility index (Phi) is 4.14. The van der Waals surface area contributed by atoms with E-state index in [1.54, 1.807) is 23.7 Å². The minimum absolute atomic E-state index is 0.143. The van der Waals surface area contributed by atoms with Gasteiger partial charge in [-0.3, -0.25) is 4.79 Å². The van der Waals surface area contributed by atoms with Gasteiger partial charge in [0.15, 0.2) is 0 Å². The molecule has 8 heteroatoms. The Morgan fingerprint density at radius 1 is 1.33 bits per heavy atom. The highest BCUT2D eigenvalue weighted by Crippen LogP contribution is 2.35. The van der Waals surface area contributed by atoms with Crippen LogP contribution in [0.25, 0.3) is 0 Å². The fourth-order valence-electron chi connectivity index (χ4n) is 3.57. The number of anilines is 1. The highest BCUT2D eigenvalue weighted by atomic mass is 35.5. The topological polar surface area (TPSA) is 62.2 Å². The molecule has 0 saturated carbocycles. The molecule has 2 saturated heterocycles. The quantitative estimate of drug-likeness (QED) is 0.835. The molecule has 0 radical (unpaired) electrons. The van der Waals surface area contributed by atoms with Gasteiger partial charge in [0.1, 0.15) is 5.01 Å². The second kappa shape index (κ2) is 6.29. The van der Waals surface area contributed by atoms with Crippen LogP contribution in [0.1, 0.15) is 30.5 Å². The van der Waals surface area contributed by atoms with Gasteiger partial charge in [-0.25, -0.2) is 15.0 Å². The van der Waals surface area contributed by atoms with Crippen molar-refractivity contribution in [2.45, 2.75) is 44.8 Å². The van der Waals surface area contributed by atoms with Crippen molar-refractivity contribution in [2.24, 2.45) is 0 Å². The van der Waals surface area contributed by atoms with E-state index >= 15 is 0 Å². The van der Waals surface area contributed by atoms with E-state index in [2.05, 4.69) is 32.2 Å². The van der Waals surface area contributed by atoms with Crippen molar-refractivity contribution in [3.63, 3.8) is 0 Å². The first-order valence-corrected chi connectivity index (χ1v) is 9.38. The zero-order valence-electron chi connectivity index (χ0n) is 13.4. The molecule has 0 unspecified atom stereocenters. The number of rotatable bonds is 4. The third-order valence-electron chi connectivity index (χ3n) is 4.75. The second-order valence-electron chi connectivity index (χ2n) is 6.13. The maximum absolute atomic E-state index is 12.5. The van der Waals surface area contributed by atoms with Crippen molar-refractivity contribution < 1.29 is 4.79 Å². The average molecular weight is 364 g/mol. The summed E-state index contributed by atoms with van der Waals surface area (Å²) in [6.07, 6.45) is 5.59. The average Bonchev–Trinajstić information content (AvgIpc) is 3.26. The first-order valence-electron chi connectivity index (χ1n) is 8.12. The summed E-state index contributed by atoms with van der Waals surface area (Å²) in [5.74, 6) is 0.848. The molecule has 2 fully saturated rings. The largest absolute Gasteiger partial charge is 0.335 e. The molecular weight excluding hydrogens is 346 g/mol. The van der Waals surface area contributed by atoms with E-state index in [1.165, 1.54) is 0 Å². The Morgan fingerprint density at radius 2 is 2.12 bits per heavy atom. The van der Waals surface area contributed by atoms with Crippen molar-refractivity contribution in [1.82, 2.24) is 19.9 Å². The van der Waals surface area contributed by atoms with Crippen LogP contribution in [-0.4, -0.2) is 44.4 Å². The molecule has 0 spiro atoms. The highest BCUT2D eigenvalue weighted by Gasteiger charge is 2.47. The summed E-state index contributed by atoms with van der Waals surface area (Å²) < 4.78 is 0. The standard InChI is InChI=1S/C16H18ClN5OS/c1-2-11-9-24-14(20-11)8-22-12-3-4-21(13(12)5-15(22)23)16-18-6-10(17)7-19-16/h6-7,9,12-13H,2-5,8H2,1H3/t12-,13-/m0/s1. The van der Waals surface area contributed by atoms with E-state index in [9.17, 15) is 4.79 Å². The summed E-state index contributed by atoms with van der Waals surface area (Å²) in [6.45, 7) is 3.57. The number of halogens is 1. The Bertz CT molecular complexity index is 749. The number of carbonyl (C=O) groups is 1. The Morgan fingerprint density at radius 3 is 2.83 bits per heavy atom. The van der Waals surface area contributed by atoms with E-state index in [1.807, 2.05) is 4.90 Å². The molecule has 2 aliphatic heterocycles. The number of aromatic nitrogens is 3. The molecule has 0 aromatic carbocycles. The summed E-state index contributed by atoms with van der Waals surface area (Å²) in [6, 6.07) is 0.357. The van der Waals surface area contributed by atoms with Crippen LogP contribution in [0.2, 0.25) is 5.02 Å². The van der Waals surface area contributed by atoms with Crippen molar-refractivity contribution in [2.75, 3.05) is 11.4 Å². The third kappa shape index (κ3) is 2.75. The van der Waals surface area contributed by atoms with E-state index in [0.29, 0.717) is 23.9 Å². The summed E-state index contributed by atoms with van der Waals surface area (Å²) in [5.41, 5.74) is 1.10. The summed E-state index contributed by atoms with van der Waals surface area (Å²) in [5, 5.41) is 3.62. The zero-order chi connectivity index (χ0) is 16.7. The predicted molar refractivity (Wildman–Crippen MR) is 93.2 cm³/mol. The lowest BCUT2D eigenvalue weighted by Crippen LogP contribution is -2.37. The fourth-order valence-corrected chi connectivity index (χ4v) is 4.54. The Labute approximate surface area is 149 Å². The molecule has 4 rings (SSSR count). The number of thiazole rings is 1. The molecule has 2 aliphatic rings. The maximum atomic E-state index is 12.5. The van der Waals surface area contributed by atoms with Crippen molar-refractivity contribution in [3.05, 3.63) is 33.5 Å². The lowest BCUT2D eigenvalue weighted by atomic mass is 10.1. The van der Waals surface area contributed by atoms with Gasteiger partial charge in [-0.2, -0.15) is 0 Å². The molecule has 2 aromatic heterocycles. The molecule has 0 aliphatic carbocycles. The lowest BCUT2D eigenvalue weighted by molar-refractivity contribution is -0.129. The van der Waals surface area contributed by atoms with Crippen LogP contribution in [0.4, 0.5) is 5.95 Å². The Balaban J connectivity index is 1.51. The minimum atomic E-state index is 0.143. The lowest BCUT2D eigenvalue weighted by Gasteiger charge is -2.24. The van der Waals surface area contributed by atoms with Crippen molar-refractivity contribution in [1.29, 1.82) is 0 Å². The van der Waals surface area contributed by atoms with Gasteiger partial charge in [0.2, 0.25) is 11.9 Å². The minimum Gasteiger partial charge on any atom is -0.335 e. The first-order chi connectivity index (χ1) is 11.7. The van der Waals surface area contributed by atoms with Crippen LogP contribution in [0.5, 0.6) is 0 Å². The molecule has 1 amide bonds. The number of amides is 1. The molecule has 6 nitrogen and oxygen atoms in total. The van der Waals surface area contributed by atoms with Crippen molar-refractivity contribution >= 4 is 34.8 Å². The maximum Gasteiger partial charge on any atom is 0.225 e. The van der Waals surface area contributed by atoms with Gasteiger partial charge < -0.3 is 9.80 Å². The first kappa shape index (κ1) is 15.8. The van der Waals surface area contributed by atoms with Gasteiger partial charge in [-0.15, -0.1) is 11.3 Å². The third-order valence-corrected chi connectivity index (χ3v) is 5.82. The molecule has 24 heavy (non-hydrogen) atoms. The van der Waals surface area contributed by atoms with E-state index in [4.69, 9.17) is 11.6 Å². The summed E-state index contributed by atoms with van der Waals surface area (Å²) in [4.78, 5) is 29.9. The molecular formula is C16H18ClN5OS.